The number of furan rings is 1. The molecule has 0 radical (unpaired) electrons. The Labute approximate surface area is 142 Å². The second-order valence-electron chi connectivity index (χ2n) is 4.88. The number of esters is 1. The molecule has 0 saturated heterocycles. The molecule has 0 bridgehead atoms. The van der Waals surface area contributed by atoms with Gasteiger partial charge in [-0.05, 0) is 43.5 Å². The summed E-state index contributed by atoms with van der Waals surface area (Å²) in [6, 6.07) is 7.59. The molecular weight excluding hydrogens is 352 g/mol. The van der Waals surface area contributed by atoms with Crippen molar-refractivity contribution in [1.29, 1.82) is 0 Å². The van der Waals surface area contributed by atoms with E-state index in [0.717, 1.165) is 11.3 Å². The number of rotatable bonds is 5. The van der Waals surface area contributed by atoms with Crippen LogP contribution in [0.5, 0.6) is 5.75 Å². The van der Waals surface area contributed by atoms with Gasteiger partial charge in [0, 0.05) is 5.39 Å². The first-order valence-corrected chi connectivity index (χ1v) is 9.39. The van der Waals surface area contributed by atoms with Crippen LogP contribution in [0.2, 0.25) is 0 Å². The fraction of sp³-hybridized carbons (Fsp3) is 0.188. The van der Waals surface area contributed by atoms with E-state index in [1.807, 2.05) is 0 Å². The normalized spacial score (nSPS) is 11.6. The molecule has 1 aromatic carbocycles. The van der Waals surface area contributed by atoms with Crippen molar-refractivity contribution in [3.8, 4) is 5.75 Å². The molecular formula is C16H14O6S2. The van der Waals surface area contributed by atoms with E-state index in [1.165, 1.54) is 18.2 Å². The summed E-state index contributed by atoms with van der Waals surface area (Å²) in [7, 11) is -3.90. The third-order valence-electron chi connectivity index (χ3n) is 3.26. The van der Waals surface area contributed by atoms with E-state index in [2.05, 4.69) is 0 Å². The molecule has 126 valence electrons. The van der Waals surface area contributed by atoms with Crippen molar-refractivity contribution in [2.75, 3.05) is 6.61 Å². The third-order valence-corrected chi connectivity index (χ3v) is 5.87. The molecule has 0 aliphatic rings. The molecule has 3 rings (SSSR count). The lowest BCUT2D eigenvalue weighted by Gasteiger charge is -2.05. The molecule has 0 spiro atoms. The van der Waals surface area contributed by atoms with E-state index in [1.54, 1.807) is 31.4 Å². The van der Waals surface area contributed by atoms with E-state index >= 15 is 0 Å². The Balaban J connectivity index is 2.02. The summed E-state index contributed by atoms with van der Waals surface area (Å²) in [5.74, 6) is -0.0176. The van der Waals surface area contributed by atoms with E-state index in [-0.39, 0.29) is 22.1 Å². The van der Waals surface area contributed by atoms with Crippen LogP contribution in [0.25, 0.3) is 11.0 Å². The largest absolute Gasteiger partial charge is 0.462 e. The molecule has 3 aromatic rings. The number of hydrogen-bond donors (Lipinski definition) is 0. The Morgan fingerprint density at radius 3 is 2.75 bits per heavy atom. The van der Waals surface area contributed by atoms with E-state index in [9.17, 15) is 13.2 Å². The lowest BCUT2D eigenvalue weighted by Crippen LogP contribution is -2.08. The van der Waals surface area contributed by atoms with Crippen molar-refractivity contribution in [3.63, 3.8) is 0 Å². The van der Waals surface area contributed by atoms with Gasteiger partial charge in [-0.25, -0.2) is 4.79 Å². The summed E-state index contributed by atoms with van der Waals surface area (Å²) in [6.45, 7) is 3.58. The number of fused-ring (bicyclic) bond motifs is 1. The summed E-state index contributed by atoms with van der Waals surface area (Å²) in [5.41, 5.74) is 0.724. The van der Waals surface area contributed by atoms with Crippen molar-refractivity contribution >= 4 is 38.4 Å². The smallest absolute Gasteiger partial charge is 0.348 e. The fourth-order valence-electron chi connectivity index (χ4n) is 2.28. The van der Waals surface area contributed by atoms with Crippen LogP contribution in [-0.4, -0.2) is 21.0 Å². The Bertz CT molecular complexity index is 983. The zero-order valence-electron chi connectivity index (χ0n) is 12.9. The quantitative estimate of drug-likeness (QED) is 0.505. The Hall–Kier alpha value is -2.32. The second-order valence-corrected chi connectivity index (χ2v) is 7.60. The monoisotopic (exact) mass is 366 g/mol. The molecule has 8 heteroatoms. The van der Waals surface area contributed by atoms with Crippen molar-refractivity contribution in [2.45, 2.75) is 18.1 Å². The highest BCUT2D eigenvalue weighted by molar-refractivity contribution is 7.89. The van der Waals surface area contributed by atoms with E-state index in [4.69, 9.17) is 13.3 Å². The summed E-state index contributed by atoms with van der Waals surface area (Å²) in [4.78, 5) is 12.1. The zero-order valence-corrected chi connectivity index (χ0v) is 14.6. The van der Waals surface area contributed by atoms with Crippen LogP contribution in [0, 0.1) is 6.92 Å². The molecule has 6 nitrogen and oxygen atoms in total. The van der Waals surface area contributed by atoms with Gasteiger partial charge in [0.25, 0.3) is 0 Å². The molecule has 2 heterocycles. The SMILES string of the molecule is CCOC(=O)c1c(C)oc2ccc(OS(=O)(=O)c3cccs3)cc12. The molecule has 0 unspecified atom stereocenters. The molecule has 0 fully saturated rings. The number of carbonyl (C=O) groups is 1. The molecule has 24 heavy (non-hydrogen) atoms. The van der Waals surface area contributed by atoms with Gasteiger partial charge in [0.2, 0.25) is 0 Å². The topological polar surface area (TPSA) is 82.8 Å². The highest BCUT2D eigenvalue weighted by Crippen LogP contribution is 2.31. The Morgan fingerprint density at radius 2 is 2.08 bits per heavy atom. The van der Waals surface area contributed by atoms with Gasteiger partial charge in [-0.2, -0.15) is 8.42 Å². The average Bonchev–Trinajstić information content (AvgIpc) is 3.14. The molecule has 0 aliphatic heterocycles. The average molecular weight is 366 g/mol. The Morgan fingerprint density at radius 1 is 1.29 bits per heavy atom. The summed E-state index contributed by atoms with van der Waals surface area (Å²) in [5, 5.41) is 2.10. The Kier molecular flexibility index (Phi) is 4.33. The van der Waals surface area contributed by atoms with Gasteiger partial charge in [-0.1, -0.05) is 6.07 Å². The van der Waals surface area contributed by atoms with Crippen molar-refractivity contribution < 1.29 is 26.5 Å². The number of ether oxygens (including phenoxy) is 1. The maximum Gasteiger partial charge on any atom is 0.348 e. The first kappa shape index (κ1) is 16.5. The van der Waals surface area contributed by atoms with Crippen LogP contribution in [0.15, 0.2) is 44.3 Å². The number of benzene rings is 1. The number of thiophene rings is 1. The van der Waals surface area contributed by atoms with Gasteiger partial charge >= 0.3 is 16.1 Å². The molecule has 0 atom stereocenters. The number of hydrogen-bond acceptors (Lipinski definition) is 7. The molecule has 2 aromatic heterocycles. The maximum absolute atomic E-state index is 12.2. The van der Waals surface area contributed by atoms with Crippen molar-refractivity contribution in [1.82, 2.24) is 0 Å². The van der Waals surface area contributed by atoms with Gasteiger partial charge in [0.05, 0.1) is 6.61 Å². The van der Waals surface area contributed by atoms with Crippen LogP contribution >= 0.6 is 11.3 Å². The van der Waals surface area contributed by atoms with Crippen LogP contribution in [-0.2, 0) is 14.9 Å². The van der Waals surface area contributed by atoms with Crippen LogP contribution in [0.4, 0.5) is 0 Å². The standard InChI is InChI=1S/C16H14O6S2/c1-3-20-16(17)15-10(2)21-13-7-6-11(9-12(13)15)22-24(18,19)14-5-4-8-23-14/h4-9H,3H2,1-2H3. The van der Waals surface area contributed by atoms with Gasteiger partial charge in [-0.15, -0.1) is 11.3 Å². The summed E-state index contributed by atoms with van der Waals surface area (Å²) in [6.07, 6.45) is 0. The van der Waals surface area contributed by atoms with Gasteiger partial charge in [0.15, 0.2) is 4.21 Å². The first-order valence-electron chi connectivity index (χ1n) is 7.10. The molecule has 0 amide bonds. The van der Waals surface area contributed by atoms with E-state index < -0.39 is 16.1 Å². The molecule has 0 saturated carbocycles. The minimum Gasteiger partial charge on any atom is -0.462 e. The highest BCUT2D eigenvalue weighted by Gasteiger charge is 2.22. The summed E-state index contributed by atoms with van der Waals surface area (Å²) >= 11 is 1.07. The highest BCUT2D eigenvalue weighted by atomic mass is 32.3. The predicted octanol–water partition coefficient (Wildman–Crippen LogP) is 3.75. The van der Waals surface area contributed by atoms with Crippen LogP contribution in [0.1, 0.15) is 23.0 Å². The maximum atomic E-state index is 12.2. The predicted molar refractivity (Wildman–Crippen MR) is 89.0 cm³/mol. The van der Waals surface area contributed by atoms with Crippen LogP contribution < -0.4 is 4.18 Å². The summed E-state index contributed by atoms with van der Waals surface area (Å²) < 4.78 is 40.2. The molecule has 0 aliphatic carbocycles. The van der Waals surface area contributed by atoms with Gasteiger partial charge in [-0.3, -0.25) is 0 Å². The van der Waals surface area contributed by atoms with Crippen LogP contribution in [0.3, 0.4) is 0 Å². The minimum absolute atomic E-state index is 0.0993. The minimum atomic E-state index is -3.90. The second kappa shape index (κ2) is 6.29. The first-order chi connectivity index (χ1) is 11.4. The van der Waals surface area contributed by atoms with Crippen molar-refractivity contribution in [2.24, 2.45) is 0 Å². The lowest BCUT2D eigenvalue weighted by atomic mass is 10.1. The zero-order chi connectivity index (χ0) is 17.3. The number of aryl methyl sites for hydroxylation is 1. The van der Waals surface area contributed by atoms with Gasteiger partial charge < -0.3 is 13.3 Å². The van der Waals surface area contributed by atoms with E-state index in [0.29, 0.717) is 16.7 Å². The lowest BCUT2D eigenvalue weighted by molar-refractivity contribution is 0.0526. The molecule has 0 N–H and O–H groups in total. The van der Waals surface area contributed by atoms with Gasteiger partial charge in [0.1, 0.15) is 22.7 Å². The number of carbonyl (C=O) groups excluding carboxylic acids is 1. The third kappa shape index (κ3) is 3.02. The fourth-order valence-corrected chi connectivity index (χ4v) is 4.15. The van der Waals surface area contributed by atoms with Crippen molar-refractivity contribution in [3.05, 3.63) is 47.0 Å².